The lowest BCUT2D eigenvalue weighted by atomic mass is 9.89. The summed E-state index contributed by atoms with van der Waals surface area (Å²) in [5.41, 5.74) is 8.09. The normalized spacial score (nSPS) is 13.3. The Labute approximate surface area is 767 Å². The highest BCUT2D eigenvalue weighted by molar-refractivity contribution is 7.92. The average molecular weight is 1950 g/mol. The van der Waals surface area contributed by atoms with E-state index in [0.29, 0.717) is 102 Å². The fourth-order valence-corrected chi connectivity index (χ4v) is 24.3. The zero-order chi connectivity index (χ0) is 98.1. The molecule has 1 N–H and O–H groups in total. The van der Waals surface area contributed by atoms with Crippen molar-refractivity contribution in [1.29, 1.82) is 0 Å². The van der Waals surface area contributed by atoms with Gasteiger partial charge in [-0.25, -0.2) is 50.9 Å². The Hall–Kier alpha value is -11.9. The summed E-state index contributed by atoms with van der Waals surface area (Å²) < 4.78 is 302. The molecule has 20 nitrogen and oxygen atoms in total. The van der Waals surface area contributed by atoms with E-state index in [0.717, 1.165) is 79.5 Å². The topological polar surface area (TPSA) is 291 Å². The summed E-state index contributed by atoms with van der Waals surface area (Å²) in [4.78, 5) is 34.8. The van der Waals surface area contributed by atoms with Gasteiger partial charge in [0.05, 0.1) is 56.1 Å². The van der Waals surface area contributed by atoms with E-state index in [1.165, 1.54) is 62.4 Å². The van der Waals surface area contributed by atoms with Crippen LogP contribution in [0.2, 0.25) is 0 Å². The molecule has 3 aromatic heterocycles. The number of aliphatic hydroxyl groups is 1. The van der Waals surface area contributed by atoms with E-state index in [1.807, 2.05) is 13.8 Å². The molecule has 1 fully saturated rings. The van der Waals surface area contributed by atoms with Crippen LogP contribution in [-0.2, 0) is 134 Å². The molecule has 0 bridgehead atoms. The van der Waals surface area contributed by atoms with Crippen LogP contribution in [0.25, 0.3) is 44.2 Å². The van der Waals surface area contributed by atoms with Gasteiger partial charge in [-0.2, -0.15) is 52.4 Å². The van der Waals surface area contributed by atoms with Crippen LogP contribution in [-0.4, -0.2) is 89.0 Å². The summed E-state index contributed by atoms with van der Waals surface area (Å²) in [6.45, 7) is 12.8. The van der Waals surface area contributed by atoms with Gasteiger partial charge in [0, 0.05) is 30.6 Å². The highest BCUT2D eigenvalue weighted by atomic mass is 32.2. The SMILES string of the molecule is CC(=O)C1(c2cc(F)cc(-c3ccc(CN(Cc4ccc(C(F)(F)F)o4)S(=O)(=O)c4c(C)cc(C)cc4C)cc3)c2)CC1.CC(=O)CS(=O)(=O)c1cc(-c2ccc(CN(Cc3ccc(C(F)(F)F)o3)S(=O)(=O)c3c(C)cc(C)cc3C)cc2)cc(F)c1CO.CC(=O)CS(=O)(=O)c1cccc(-c2ccc(CN(Cc3ccc(C(F)(F)F)o3)S(=O)(=O)c3c(C)ccc4ccccc34)cc2)c1. The van der Waals surface area contributed by atoms with Gasteiger partial charge in [-0.1, -0.05) is 157 Å². The van der Waals surface area contributed by atoms with Crippen molar-refractivity contribution in [3.63, 3.8) is 0 Å². The molecule has 1 aliphatic rings. The number of sulfone groups is 2. The summed E-state index contributed by atoms with van der Waals surface area (Å²) in [6, 6.07) is 55.3. The quantitative estimate of drug-likeness (QED) is 0.0409. The first-order valence-electron chi connectivity index (χ1n) is 41.3. The Balaban J connectivity index is 0.000000181. The summed E-state index contributed by atoms with van der Waals surface area (Å²) in [5, 5.41) is 10.8. The van der Waals surface area contributed by atoms with Gasteiger partial charge in [0.1, 0.15) is 57.8 Å². The molecule has 13 aromatic rings. The van der Waals surface area contributed by atoms with Crippen LogP contribution in [0.5, 0.6) is 0 Å². The molecule has 134 heavy (non-hydrogen) atoms. The van der Waals surface area contributed by atoms with E-state index in [4.69, 9.17) is 13.3 Å². The Morgan fingerprint density at radius 2 is 0.769 bits per heavy atom. The van der Waals surface area contributed by atoms with Gasteiger partial charge in [-0.3, -0.25) is 14.4 Å². The molecule has 14 rings (SSSR count). The van der Waals surface area contributed by atoms with Gasteiger partial charge >= 0.3 is 18.5 Å². The van der Waals surface area contributed by atoms with Crippen molar-refractivity contribution in [2.75, 3.05) is 11.5 Å². The minimum atomic E-state index is -4.76. The highest BCUT2D eigenvalue weighted by Gasteiger charge is 2.49. The third-order valence-electron chi connectivity index (χ3n) is 22.3. The predicted octanol–water partition coefficient (Wildman–Crippen LogP) is 21.5. The molecule has 3 heterocycles. The molecule has 706 valence electrons. The van der Waals surface area contributed by atoms with Crippen molar-refractivity contribution >= 4 is 77.9 Å². The maximum absolute atomic E-state index is 14.9. The van der Waals surface area contributed by atoms with Crippen LogP contribution in [0.15, 0.2) is 262 Å². The third kappa shape index (κ3) is 23.4. The van der Waals surface area contributed by atoms with Crippen molar-refractivity contribution < 1.29 is 123 Å². The second-order valence-corrected chi connectivity index (χ2v) is 42.6. The fraction of sp³-hybridized carbons (Fsp3) is 0.255. The third-order valence-corrected chi connectivity index (χ3v) is 32.1. The minimum Gasteiger partial charge on any atom is -0.455 e. The number of aryl methyl sites for hydroxylation is 7. The Kier molecular flexibility index (Phi) is 29.9. The van der Waals surface area contributed by atoms with Crippen molar-refractivity contribution in [1.82, 2.24) is 12.9 Å². The lowest BCUT2D eigenvalue weighted by molar-refractivity contribution is -0.154. The number of furan rings is 3. The highest BCUT2D eigenvalue weighted by Crippen LogP contribution is 2.50. The lowest BCUT2D eigenvalue weighted by Gasteiger charge is -2.24. The Morgan fingerprint density at radius 1 is 0.381 bits per heavy atom. The van der Waals surface area contributed by atoms with Crippen LogP contribution in [0.3, 0.4) is 0 Å². The molecule has 0 aliphatic heterocycles. The van der Waals surface area contributed by atoms with Crippen molar-refractivity contribution in [3.8, 4) is 33.4 Å². The molecule has 1 aliphatic carbocycles. The first-order chi connectivity index (χ1) is 62.6. The van der Waals surface area contributed by atoms with Crippen LogP contribution in [0.4, 0.5) is 48.3 Å². The molecule has 0 unspecified atom stereocenters. The van der Waals surface area contributed by atoms with E-state index in [9.17, 15) is 110 Å². The number of carbonyl (C=O) groups excluding carboxylic acids is 3. The van der Waals surface area contributed by atoms with Gasteiger partial charge < -0.3 is 18.4 Å². The molecule has 0 amide bonds. The number of carbonyl (C=O) groups is 3. The number of rotatable bonds is 30. The van der Waals surface area contributed by atoms with E-state index in [2.05, 4.69) is 0 Å². The molecular formula is C98H90F11N3O17S5. The number of hydrogen-bond donors (Lipinski definition) is 1. The van der Waals surface area contributed by atoms with Gasteiger partial charge in [0.2, 0.25) is 47.4 Å². The van der Waals surface area contributed by atoms with Crippen LogP contribution < -0.4 is 0 Å². The van der Waals surface area contributed by atoms with Crippen LogP contribution >= 0.6 is 0 Å². The monoisotopic (exact) mass is 1950 g/mol. The zero-order valence-electron chi connectivity index (χ0n) is 73.7. The number of fused-ring (bicyclic) bond motifs is 1. The largest absolute Gasteiger partial charge is 0.455 e. The average Bonchev–Trinajstić information content (AvgIpc) is 1.60. The first-order valence-corrected chi connectivity index (χ1v) is 48.9. The number of hydrogen-bond acceptors (Lipinski definition) is 17. The van der Waals surface area contributed by atoms with Gasteiger partial charge in [0.25, 0.3) is 0 Å². The molecule has 10 aromatic carbocycles. The molecular weight excluding hydrogens is 1860 g/mol. The molecule has 0 radical (unpaired) electrons. The number of ketones is 3. The summed E-state index contributed by atoms with van der Waals surface area (Å²) >= 11 is 0. The number of halogens is 11. The Morgan fingerprint density at radius 3 is 1.15 bits per heavy atom. The van der Waals surface area contributed by atoms with Crippen molar-refractivity contribution in [2.24, 2.45) is 0 Å². The summed E-state index contributed by atoms with van der Waals surface area (Å²) in [7, 11) is -20.8. The van der Waals surface area contributed by atoms with Crippen LogP contribution in [0.1, 0.15) is 135 Å². The first kappa shape index (κ1) is 101. The Bertz CT molecular complexity index is 7230. The second-order valence-electron chi connectivity index (χ2n) is 33.0. The maximum Gasteiger partial charge on any atom is 0.449 e. The number of sulfonamides is 3. The molecule has 0 spiro atoms. The summed E-state index contributed by atoms with van der Waals surface area (Å²) in [5.74, 6) is -8.36. The number of benzene rings is 10. The minimum absolute atomic E-state index is 0.00123. The maximum atomic E-state index is 14.9. The van der Waals surface area contributed by atoms with E-state index in [1.54, 1.807) is 162 Å². The van der Waals surface area contributed by atoms with E-state index >= 15 is 0 Å². The lowest BCUT2D eigenvalue weighted by Crippen LogP contribution is -2.31. The van der Waals surface area contributed by atoms with Crippen molar-refractivity contribution in [2.45, 2.75) is 176 Å². The van der Waals surface area contributed by atoms with Gasteiger partial charge in [-0.15, -0.1) is 0 Å². The zero-order valence-corrected chi connectivity index (χ0v) is 77.7. The van der Waals surface area contributed by atoms with Gasteiger partial charge in [-0.05, 0) is 250 Å². The molecule has 0 saturated heterocycles. The standard InChI is InChI=1S/C33H31F4NO4S.C33H28F3NO6S2.C32H31F4NO7S2/c1-20-13-21(2)31(22(3)14-20)43(40,41)38(19-29-9-10-30(42-29)33(35,36)37)18-24-5-7-25(8-6-24)26-15-27(17-28(34)16-26)32(11-12-32)23(4)39;1-22-10-13-26-6-3-4-9-30(26)32(22)45(41,42)37(20-28-16-17-31(43-28)33(34,35)36)19-24-11-14-25(15-12-24)27-7-5-8-29(18-27)44(39,40)21-23(2)38;1-19-11-20(2)31(21(3)12-19)46(42,43)37(16-26-9-10-30(44-26)32(34,35)36)15-23-5-7-24(8-6-23)25-13-28(33)27(17-38)29(14-25)45(40,41)18-22(4)39/h5-10,13-17H,11-12,18-19H2,1-4H3;3-18H,19-21H2,1-2H3;5-14,38H,15-18H2,1-4H3. The molecule has 1 saturated carbocycles. The van der Waals surface area contributed by atoms with E-state index < -0.39 is 162 Å². The number of nitrogens with zero attached hydrogens (tertiary/aromatic N) is 3. The molecule has 0 atom stereocenters. The van der Waals surface area contributed by atoms with E-state index in [-0.39, 0.29) is 67.8 Å². The van der Waals surface area contributed by atoms with Crippen LogP contribution in [0, 0.1) is 60.1 Å². The number of aliphatic hydroxyl groups excluding tert-OH is 1. The van der Waals surface area contributed by atoms with Crippen molar-refractivity contribution in [3.05, 3.63) is 337 Å². The fourth-order valence-electron chi connectivity index (χ4n) is 16.1. The number of Topliss-reactive ketones (excluding diaryl/α,β-unsaturated/α-hetero) is 3. The summed E-state index contributed by atoms with van der Waals surface area (Å²) in [6.07, 6.45) is -12.8. The number of alkyl halides is 9. The van der Waals surface area contributed by atoms with Gasteiger partial charge in [0.15, 0.2) is 19.7 Å². The molecule has 36 heteroatoms. The smallest absolute Gasteiger partial charge is 0.449 e. The predicted molar refractivity (Wildman–Crippen MR) is 479 cm³/mol. The second kappa shape index (κ2) is 39.6.